The molecule has 2 N–H and O–H groups in total. The van der Waals surface area contributed by atoms with Crippen LogP contribution >= 0.6 is 23.2 Å². The van der Waals surface area contributed by atoms with Crippen LogP contribution in [0.4, 0.5) is 4.79 Å². The van der Waals surface area contributed by atoms with Gasteiger partial charge in [0.25, 0.3) is 0 Å². The van der Waals surface area contributed by atoms with Crippen LogP contribution in [0.15, 0.2) is 34.5 Å². The Balaban J connectivity index is 1.97. The lowest BCUT2D eigenvalue weighted by Gasteiger charge is -2.10. The highest BCUT2D eigenvalue weighted by Gasteiger charge is 2.11. The van der Waals surface area contributed by atoms with E-state index in [-0.39, 0.29) is 0 Å². The highest BCUT2D eigenvalue weighted by molar-refractivity contribution is 6.33. The van der Waals surface area contributed by atoms with Gasteiger partial charge in [0.05, 0.1) is 50.9 Å². The Hall–Kier alpha value is -3.17. The fourth-order valence-electron chi connectivity index (χ4n) is 2.38. The van der Waals surface area contributed by atoms with E-state index < -0.39 is 6.03 Å². The molecule has 2 aromatic rings. The van der Waals surface area contributed by atoms with E-state index >= 15 is 0 Å². The van der Waals surface area contributed by atoms with Gasteiger partial charge in [0.15, 0.2) is 23.0 Å². The molecule has 0 aliphatic heterocycles. The molecular formula is C19H20Cl2N4O5. The molecule has 0 bridgehead atoms. The minimum Gasteiger partial charge on any atom is -0.493 e. The summed E-state index contributed by atoms with van der Waals surface area (Å²) in [5.41, 5.74) is 5.75. The summed E-state index contributed by atoms with van der Waals surface area (Å²) in [5.74, 6) is 1.70. The van der Waals surface area contributed by atoms with Crippen LogP contribution in [0.2, 0.25) is 10.0 Å². The third kappa shape index (κ3) is 5.91. The minimum absolute atomic E-state index is 0.348. The average Bonchev–Trinajstić information content (AvgIpc) is 2.72. The Labute approximate surface area is 183 Å². The number of benzene rings is 2. The molecule has 0 fully saturated rings. The summed E-state index contributed by atoms with van der Waals surface area (Å²) in [6.45, 7) is 0. The Bertz CT molecular complexity index is 891. The van der Waals surface area contributed by atoms with E-state index in [0.717, 1.165) is 0 Å². The highest BCUT2D eigenvalue weighted by Crippen LogP contribution is 2.36. The number of halogens is 2. The van der Waals surface area contributed by atoms with Crippen molar-refractivity contribution in [2.24, 2.45) is 10.2 Å². The van der Waals surface area contributed by atoms with E-state index in [0.29, 0.717) is 44.2 Å². The number of ether oxygens (including phenoxy) is 4. The first-order chi connectivity index (χ1) is 14.4. The lowest BCUT2D eigenvalue weighted by Crippen LogP contribution is -2.28. The Morgan fingerprint density at radius 1 is 0.767 bits per heavy atom. The number of hydrazone groups is 2. The van der Waals surface area contributed by atoms with Crippen LogP contribution in [0.3, 0.4) is 0 Å². The van der Waals surface area contributed by atoms with E-state index in [4.69, 9.17) is 42.1 Å². The second-order valence-corrected chi connectivity index (χ2v) is 6.36. The predicted molar refractivity (Wildman–Crippen MR) is 116 cm³/mol. The number of rotatable bonds is 8. The first-order valence-electron chi connectivity index (χ1n) is 8.38. The summed E-state index contributed by atoms with van der Waals surface area (Å²) in [7, 11) is 5.95. The van der Waals surface area contributed by atoms with Gasteiger partial charge in [0, 0.05) is 0 Å². The largest absolute Gasteiger partial charge is 0.493 e. The number of hydrogen-bond donors (Lipinski definition) is 2. The molecule has 0 spiro atoms. The molecule has 11 heteroatoms. The molecule has 2 aromatic carbocycles. The van der Waals surface area contributed by atoms with Crippen molar-refractivity contribution in [2.75, 3.05) is 28.4 Å². The maximum absolute atomic E-state index is 11.8. The van der Waals surface area contributed by atoms with Crippen LogP contribution in [-0.4, -0.2) is 46.9 Å². The lowest BCUT2D eigenvalue weighted by atomic mass is 10.2. The molecule has 0 saturated heterocycles. The van der Waals surface area contributed by atoms with Crippen LogP contribution in [0.1, 0.15) is 11.1 Å². The minimum atomic E-state index is -0.652. The van der Waals surface area contributed by atoms with Gasteiger partial charge in [-0.2, -0.15) is 10.2 Å². The molecule has 2 amide bonds. The SMILES string of the molecule is COc1cc(/C=N\NC(=O)N/N=C/c2cc(Cl)c(OC)c(OC)c2)cc(Cl)c1OC. The monoisotopic (exact) mass is 454 g/mol. The van der Waals surface area contributed by atoms with Crippen molar-refractivity contribution in [2.45, 2.75) is 0 Å². The number of hydrogen-bond acceptors (Lipinski definition) is 7. The van der Waals surface area contributed by atoms with Crippen molar-refractivity contribution in [1.82, 2.24) is 10.9 Å². The Morgan fingerprint density at radius 2 is 1.17 bits per heavy atom. The van der Waals surface area contributed by atoms with E-state index in [1.54, 1.807) is 24.3 Å². The summed E-state index contributed by atoms with van der Waals surface area (Å²) >= 11 is 12.2. The maximum atomic E-state index is 11.8. The van der Waals surface area contributed by atoms with Crippen LogP contribution in [0.5, 0.6) is 23.0 Å². The van der Waals surface area contributed by atoms with Crippen molar-refractivity contribution in [3.8, 4) is 23.0 Å². The third-order valence-corrected chi connectivity index (χ3v) is 4.23. The smallest absolute Gasteiger partial charge is 0.355 e. The van der Waals surface area contributed by atoms with Gasteiger partial charge in [0.2, 0.25) is 0 Å². The molecule has 0 saturated carbocycles. The number of carbonyl (C=O) groups is 1. The normalized spacial score (nSPS) is 10.9. The van der Waals surface area contributed by atoms with Gasteiger partial charge in [-0.25, -0.2) is 15.6 Å². The number of carbonyl (C=O) groups excluding carboxylic acids is 1. The molecule has 0 heterocycles. The van der Waals surface area contributed by atoms with Gasteiger partial charge in [-0.05, 0) is 35.4 Å². The number of urea groups is 1. The number of methoxy groups -OCH3 is 4. The molecule has 0 aliphatic rings. The molecule has 0 radical (unpaired) electrons. The van der Waals surface area contributed by atoms with E-state index in [9.17, 15) is 4.79 Å². The van der Waals surface area contributed by atoms with E-state index in [2.05, 4.69) is 21.1 Å². The quantitative estimate of drug-likeness (QED) is 0.467. The number of nitrogens with zero attached hydrogens (tertiary/aromatic N) is 2. The van der Waals surface area contributed by atoms with Crippen LogP contribution < -0.4 is 29.8 Å². The second-order valence-electron chi connectivity index (χ2n) is 5.55. The molecule has 30 heavy (non-hydrogen) atoms. The second kappa shape index (κ2) is 11.1. The molecular weight excluding hydrogens is 435 g/mol. The Kier molecular flexibility index (Phi) is 8.57. The molecule has 0 unspecified atom stereocenters. The highest BCUT2D eigenvalue weighted by atomic mass is 35.5. The summed E-state index contributed by atoms with van der Waals surface area (Å²) in [5, 5.41) is 8.36. The number of amides is 2. The van der Waals surface area contributed by atoms with Crippen LogP contribution in [0, 0.1) is 0 Å². The van der Waals surface area contributed by atoms with Crippen LogP contribution in [0.25, 0.3) is 0 Å². The third-order valence-electron chi connectivity index (χ3n) is 3.67. The van der Waals surface area contributed by atoms with Gasteiger partial charge in [0.1, 0.15) is 0 Å². The molecule has 160 valence electrons. The summed E-state index contributed by atoms with van der Waals surface area (Å²) in [6, 6.07) is 5.90. The lowest BCUT2D eigenvalue weighted by molar-refractivity contribution is 0.242. The van der Waals surface area contributed by atoms with Gasteiger partial charge < -0.3 is 18.9 Å². The maximum Gasteiger partial charge on any atom is 0.355 e. The Morgan fingerprint density at radius 3 is 1.50 bits per heavy atom. The standard InChI is InChI=1S/C19H20Cl2N4O5/c1-27-15-7-11(5-13(20)17(15)29-3)9-22-24-19(26)25-23-10-12-6-14(21)18(30-4)16(8-12)28-2/h5-10H,1-4H3,(H2,24,25,26)/b22-9-,23-10+. The van der Waals surface area contributed by atoms with Gasteiger partial charge in [-0.15, -0.1) is 0 Å². The van der Waals surface area contributed by atoms with Gasteiger partial charge in [-0.1, -0.05) is 23.2 Å². The zero-order valence-corrected chi connectivity index (χ0v) is 18.2. The van der Waals surface area contributed by atoms with Crippen molar-refractivity contribution < 1.29 is 23.7 Å². The molecule has 0 atom stereocenters. The van der Waals surface area contributed by atoms with Crippen molar-refractivity contribution in [3.05, 3.63) is 45.4 Å². The van der Waals surface area contributed by atoms with E-state index in [1.807, 2.05) is 0 Å². The predicted octanol–water partition coefficient (Wildman–Crippen LogP) is 3.70. The van der Waals surface area contributed by atoms with Crippen molar-refractivity contribution in [3.63, 3.8) is 0 Å². The fourth-order valence-corrected chi connectivity index (χ4v) is 2.97. The molecule has 0 aromatic heterocycles. The van der Waals surface area contributed by atoms with Gasteiger partial charge in [-0.3, -0.25) is 0 Å². The summed E-state index contributed by atoms with van der Waals surface area (Å²) in [6.07, 6.45) is 2.79. The first-order valence-corrected chi connectivity index (χ1v) is 9.14. The molecule has 2 rings (SSSR count). The van der Waals surface area contributed by atoms with E-state index in [1.165, 1.54) is 40.9 Å². The zero-order valence-electron chi connectivity index (χ0n) is 16.7. The van der Waals surface area contributed by atoms with Gasteiger partial charge >= 0.3 is 6.03 Å². The van der Waals surface area contributed by atoms with Crippen molar-refractivity contribution in [1.29, 1.82) is 0 Å². The summed E-state index contributed by atoms with van der Waals surface area (Å²) < 4.78 is 20.7. The topological polar surface area (TPSA) is 103 Å². The average molecular weight is 455 g/mol. The molecule has 9 nitrogen and oxygen atoms in total. The fraction of sp³-hybridized carbons (Fsp3) is 0.211. The summed E-state index contributed by atoms with van der Waals surface area (Å²) in [4.78, 5) is 11.8. The van der Waals surface area contributed by atoms with Crippen molar-refractivity contribution >= 4 is 41.7 Å². The van der Waals surface area contributed by atoms with Crippen LogP contribution in [-0.2, 0) is 0 Å². The first kappa shape index (κ1) is 23.1. The number of nitrogens with one attached hydrogen (secondary N) is 2. The zero-order chi connectivity index (χ0) is 22.1. The molecule has 0 aliphatic carbocycles.